The van der Waals surface area contributed by atoms with Crippen LogP contribution in [0.4, 0.5) is 0 Å². The van der Waals surface area contributed by atoms with E-state index in [4.69, 9.17) is 4.74 Å². The summed E-state index contributed by atoms with van der Waals surface area (Å²) in [6.07, 6.45) is 5.55. The number of para-hydroxylation sites is 1. The first kappa shape index (κ1) is 10.2. The molecule has 0 bridgehead atoms. The molecule has 0 atom stereocenters. The van der Waals surface area contributed by atoms with Gasteiger partial charge in [-0.3, -0.25) is 4.99 Å². The van der Waals surface area contributed by atoms with Gasteiger partial charge < -0.3 is 4.74 Å². The number of rotatable bonds is 4. The predicted octanol–water partition coefficient (Wildman–Crippen LogP) is 1.67. The van der Waals surface area contributed by atoms with Crippen LogP contribution in [-0.2, 0) is 0 Å². The molecule has 0 radical (unpaired) electrons. The Hall–Kier alpha value is -1.31. The summed E-state index contributed by atoms with van der Waals surface area (Å²) in [6, 6.07) is 6.15. The summed E-state index contributed by atoms with van der Waals surface area (Å²) in [4.78, 5) is 4.52. The lowest BCUT2D eigenvalue weighted by molar-refractivity contribution is 0.305. The Labute approximate surface area is 90.3 Å². The maximum Gasteiger partial charge on any atom is 0.145 e. The van der Waals surface area contributed by atoms with Crippen molar-refractivity contribution in [2.75, 3.05) is 13.2 Å². The Balaban J connectivity index is 2.25. The molecule has 1 aromatic rings. The van der Waals surface area contributed by atoms with Gasteiger partial charge in [-0.25, -0.2) is 0 Å². The topological polar surface area (TPSA) is 21.6 Å². The number of benzene rings is 1. The number of hydrogen-bond acceptors (Lipinski definition) is 2. The number of fused-ring (bicyclic) bond motifs is 1. The van der Waals surface area contributed by atoms with Gasteiger partial charge in [0, 0.05) is 6.54 Å². The summed E-state index contributed by atoms with van der Waals surface area (Å²) < 4.78 is 5.73. The lowest BCUT2D eigenvalue weighted by Crippen LogP contribution is -2.29. The first-order chi connectivity index (χ1) is 7.42. The Kier molecular flexibility index (Phi) is 3.38. The van der Waals surface area contributed by atoms with Crippen LogP contribution in [0, 0.1) is 0 Å². The summed E-state index contributed by atoms with van der Waals surface area (Å²) in [5.74, 6) is 0.942. The van der Waals surface area contributed by atoms with E-state index in [-0.39, 0.29) is 0 Å². The monoisotopic (exact) mass is 203 g/mol. The van der Waals surface area contributed by atoms with Crippen LogP contribution >= 0.6 is 0 Å². The highest BCUT2D eigenvalue weighted by atomic mass is 16.5. The van der Waals surface area contributed by atoms with Gasteiger partial charge >= 0.3 is 0 Å². The Morgan fingerprint density at radius 1 is 1.40 bits per heavy atom. The highest BCUT2D eigenvalue weighted by molar-refractivity contribution is 5.32. The molecule has 80 valence electrons. The maximum atomic E-state index is 5.73. The fourth-order valence-corrected chi connectivity index (χ4v) is 1.71. The molecule has 0 saturated heterocycles. The van der Waals surface area contributed by atoms with Crippen molar-refractivity contribution in [3.63, 3.8) is 0 Å². The summed E-state index contributed by atoms with van der Waals surface area (Å²) in [5.41, 5.74) is 0. The predicted molar refractivity (Wildman–Crippen MR) is 61.6 cm³/mol. The van der Waals surface area contributed by atoms with Gasteiger partial charge in [-0.2, -0.15) is 0 Å². The zero-order chi connectivity index (χ0) is 10.5. The van der Waals surface area contributed by atoms with Crippen LogP contribution < -0.4 is 15.3 Å². The first-order valence-corrected chi connectivity index (χ1v) is 5.68. The minimum Gasteiger partial charge on any atom is -0.491 e. The van der Waals surface area contributed by atoms with Crippen LogP contribution in [0.25, 0.3) is 6.08 Å². The third-order valence-electron chi connectivity index (χ3n) is 2.55. The molecule has 2 rings (SSSR count). The molecule has 1 heterocycles. The zero-order valence-corrected chi connectivity index (χ0v) is 9.20. The quantitative estimate of drug-likeness (QED) is 0.682. The smallest absolute Gasteiger partial charge is 0.145 e. The van der Waals surface area contributed by atoms with Crippen LogP contribution in [-0.4, -0.2) is 13.2 Å². The zero-order valence-electron chi connectivity index (χ0n) is 9.20. The van der Waals surface area contributed by atoms with Crippen molar-refractivity contribution >= 4 is 6.08 Å². The number of hydrogen-bond donors (Lipinski definition) is 0. The average Bonchev–Trinajstić information content (AvgIpc) is 2.30. The summed E-state index contributed by atoms with van der Waals surface area (Å²) in [5, 5.41) is 2.26. The second-order valence-electron chi connectivity index (χ2n) is 3.77. The van der Waals surface area contributed by atoms with Gasteiger partial charge in [0.05, 0.1) is 6.61 Å². The Bertz CT molecular complexity index is 436. The second-order valence-corrected chi connectivity index (χ2v) is 3.77. The molecule has 2 heteroatoms. The third-order valence-corrected chi connectivity index (χ3v) is 2.55. The number of nitrogens with zero attached hydrogens (tertiary/aromatic N) is 1. The van der Waals surface area contributed by atoms with Gasteiger partial charge in [-0.15, -0.1) is 0 Å². The molecule has 1 aliphatic rings. The molecule has 15 heavy (non-hydrogen) atoms. The standard InChI is InChI=1S/C13H17NO/c1-2-3-10-15-12-8-4-6-11-7-5-9-14-13(11)12/h4,6-8H,2-3,5,9-10H2,1H3. The van der Waals surface area contributed by atoms with Crippen molar-refractivity contribution in [2.24, 2.45) is 4.99 Å². The Morgan fingerprint density at radius 2 is 2.33 bits per heavy atom. The van der Waals surface area contributed by atoms with E-state index in [2.05, 4.69) is 24.1 Å². The maximum absolute atomic E-state index is 5.73. The minimum absolute atomic E-state index is 0.794. The molecule has 0 unspecified atom stereocenters. The van der Waals surface area contributed by atoms with E-state index in [0.29, 0.717) is 0 Å². The van der Waals surface area contributed by atoms with E-state index in [1.807, 2.05) is 12.1 Å². The molecule has 0 aromatic heterocycles. The molecule has 1 aliphatic heterocycles. The Morgan fingerprint density at radius 3 is 3.20 bits per heavy atom. The number of ether oxygens (including phenoxy) is 1. The second kappa shape index (κ2) is 4.96. The van der Waals surface area contributed by atoms with Crippen LogP contribution in [0.5, 0.6) is 5.75 Å². The molecular formula is C13H17NO. The number of unbranched alkanes of at least 4 members (excludes halogenated alkanes) is 1. The average molecular weight is 203 g/mol. The lowest BCUT2D eigenvalue weighted by Gasteiger charge is -2.08. The van der Waals surface area contributed by atoms with Crippen molar-refractivity contribution in [3.05, 3.63) is 28.8 Å². The van der Waals surface area contributed by atoms with Crippen LogP contribution in [0.3, 0.4) is 0 Å². The first-order valence-electron chi connectivity index (χ1n) is 5.68. The van der Waals surface area contributed by atoms with Gasteiger partial charge in [0.15, 0.2) is 0 Å². The molecule has 0 saturated carbocycles. The van der Waals surface area contributed by atoms with Crippen LogP contribution in [0.2, 0.25) is 0 Å². The third kappa shape index (κ3) is 2.38. The highest BCUT2D eigenvalue weighted by Crippen LogP contribution is 2.03. The van der Waals surface area contributed by atoms with Crippen molar-refractivity contribution < 1.29 is 4.74 Å². The molecule has 1 aromatic carbocycles. The molecule has 0 amide bonds. The molecule has 0 spiro atoms. The van der Waals surface area contributed by atoms with Crippen LogP contribution in [0.1, 0.15) is 26.2 Å². The fraction of sp³-hybridized carbons (Fsp3) is 0.462. The van der Waals surface area contributed by atoms with Gasteiger partial charge in [0.25, 0.3) is 0 Å². The lowest BCUT2D eigenvalue weighted by atomic mass is 10.2. The van der Waals surface area contributed by atoms with Gasteiger partial charge in [0.1, 0.15) is 11.1 Å². The fourth-order valence-electron chi connectivity index (χ4n) is 1.71. The minimum atomic E-state index is 0.794. The van der Waals surface area contributed by atoms with E-state index in [0.717, 1.165) is 43.5 Å². The largest absolute Gasteiger partial charge is 0.491 e. The SMILES string of the molecule is CCCCOc1cccc2c1=NCCC=2. The van der Waals surface area contributed by atoms with E-state index >= 15 is 0 Å². The highest BCUT2D eigenvalue weighted by Gasteiger charge is 2.01. The summed E-state index contributed by atoms with van der Waals surface area (Å²) in [6.45, 7) is 3.85. The normalized spacial score (nSPS) is 13.7. The van der Waals surface area contributed by atoms with Gasteiger partial charge in [-0.1, -0.05) is 31.6 Å². The van der Waals surface area contributed by atoms with Crippen molar-refractivity contribution in [1.29, 1.82) is 0 Å². The van der Waals surface area contributed by atoms with Crippen LogP contribution in [0.15, 0.2) is 23.2 Å². The molecule has 2 nitrogen and oxygen atoms in total. The van der Waals surface area contributed by atoms with Gasteiger partial charge in [-0.05, 0) is 24.1 Å². The van der Waals surface area contributed by atoms with E-state index in [1.54, 1.807) is 0 Å². The summed E-state index contributed by atoms with van der Waals surface area (Å²) in [7, 11) is 0. The molecule has 0 fully saturated rings. The molecular weight excluding hydrogens is 186 g/mol. The summed E-state index contributed by atoms with van der Waals surface area (Å²) >= 11 is 0. The van der Waals surface area contributed by atoms with Crippen molar-refractivity contribution in [1.82, 2.24) is 0 Å². The molecule has 0 aliphatic carbocycles. The molecule has 0 N–H and O–H groups in total. The van der Waals surface area contributed by atoms with Crippen molar-refractivity contribution in [2.45, 2.75) is 26.2 Å². The van der Waals surface area contributed by atoms with E-state index in [1.165, 1.54) is 5.22 Å². The van der Waals surface area contributed by atoms with E-state index in [9.17, 15) is 0 Å². The van der Waals surface area contributed by atoms with Crippen molar-refractivity contribution in [3.8, 4) is 5.75 Å². The van der Waals surface area contributed by atoms with E-state index < -0.39 is 0 Å². The van der Waals surface area contributed by atoms with Gasteiger partial charge in [0.2, 0.25) is 0 Å².